The van der Waals surface area contributed by atoms with Crippen LogP contribution in [-0.2, 0) is 5.41 Å². The first kappa shape index (κ1) is 17.1. The minimum Gasteiger partial charge on any atom is -0.497 e. The highest BCUT2D eigenvalue weighted by atomic mass is 16.5. The van der Waals surface area contributed by atoms with Crippen molar-refractivity contribution in [3.05, 3.63) is 41.0 Å². The van der Waals surface area contributed by atoms with Crippen LogP contribution < -0.4 is 4.74 Å². The average Bonchev–Trinajstić information content (AvgIpc) is 2.46. The Kier molecular flexibility index (Phi) is 5.04. The van der Waals surface area contributed by atoms with Crippen molar-refractivity contribution in [3.8, 4) is 5.75 Å². The molecule has 0 fully saturated rings. The third-order valence-electron chi connectivity index (χ3n) is 5.56. The van der Waals surface area contributed by atoms with Crippen LogP contribution in [0.15, 0.2) is 35.4 Å². The summed E-state index contributed by atoms with van der Waals surface area (Å²) in [7, 11) is 1.72. The molecule has 1 aromatic carbocycles. The molecule has 1 aromatic rings. The second-order valence-corrected chi connectivity index (χ2v) is 8.11. The van der Waals surface area contributed by atoms with Gasteiger partial charge in [0, 0.05) is 0 Å². The maximum absolute atomic E-state index is 5.27. The summed E-state index contributed by atoms with van der Waals surface area (Å²) < 4.78 is 5.27. The van der Waals surface area contributed by atoms with E-state index in [1.54, 1.807) is 18.3 Å². The van der Waals surface area contributed by atoms with Gasteiger partial charge in [0.05, 0.1) is 7.11 Å². The Morgan fingerprint density at radius 3 is 2.32 bits per heavy atom. The van der Waals surface area contributed by atoms with Gasteiger partial charge in [0.2, 0.25) is 0 Å². The first-order valence-electron chi connectivity index (χ1n) is 8.60. The molecule has 0 radical (unpaired) electrons. The molecule has 0 saturated heterocycles. The zero-order valence-corrected chi connectivity index (χ0v) is 15.3. The summed E-state index contributed by atoms with van der Waals surface area (Å²) in [6.45, 7) is 11.9. The minimum atomic E-state index is 0.201. The van der Waals surface area contributed by atoms with E-state index in [1.165, 1.54) is 37.7 Å². The summed E-state index contributed by atoms with van der Waals surface area (Å²) in [5.41, 5.74) is 5.34. The normalized spacial score (nSPS) is 18.5. The van der Waals surface area contributed by atoms with Crippen LogP contribution in [0.1, 0.15) is 72.3 Å². The van der Waals surface area contributed by atoms with E-state index in [9.17, 15) is 0 Å². The van der Waals surface area contributed by atoms with Gasteiger partial charge in [0.15, 0.2) is 0 Å². The Bertz CT molecular complexity index is 532. The summed E-state index contributed by atoms with van der Waals surface area (Å²) in [5.74, 6) is 0.937. The van der Waals surface area contributed by atoms with Crippen LogP contribution in [-0.4, -0.2) is 7.11 Å². The van der Waals surface area contributed by atoms with Gasteiger partial charge in [0.1, 0.15) is 5.75 Å². The van der Waals surface area contributed by atoms with Gasteiger partial charge in [-0.15, -0.1) is 0 Å². The summed E-state index contributed by atoms with van der Waals surface area (Å²) in [5, 5.41) is 0. The monoisotopic (exact) mass is 300 g/mol. The molecular formula is C21H32O. The Balaban J connectivity index is 2.11. The lowest BCUT2D eigenvalue weighted by molar-refractivity contribution is 0.339. The molecule has 0 bridgehead atoms. The number of rotatable bonds is 5. The van der Waals surface area contributed by atoms with Crippen molar-refractivity contribution >= 4 is 0 Å². The first-order chi connectivity index (χ1) is 10.3. The SMILES string of the molecule is COc1ccc(C(C)(C)CCC2=C(C)CCCC2(C)C)cc1. The molecule has 0 heterocycles. The number of hydrogen-bond donors (Lipinski definition) is 0. The molecule has 0 atom stereocenters. The van der Waals surface area contributed by atoms with Crippen LogP contribution in [0, 0.1) is 5.41 Å². The second kappa shape index (κ2) is 6.48. The third-order valence-corrected chi connectivity index (χ3v) is 5.56. The molecular weight excluding hydrogens is 268 g/mol. The van der Waals surface area contributed by atoms with Crippen LogP contribution in [0.5, 0.6) is 5.75 Å². The quantitative estimate of drug-likeness (QED) is 0.581. The van der Waals surface area contributed by atoms with E-state index < -0.39 is 0 Å². The molecule has 1 aliphatic rings. The van der Waals surface area contributed by atoms with E-state index in [0.717, 1.165) is 5.75 Å². The van der Waals surface area contributed by atoms with Crippen molar-refractivity contribution in [1.29, 1.82) is 0 Å². The largest absolute Gasteiger partial charge is 0.497 e. The van der Waals surface area contributed by atoms with Crippen molar-refractivity contribution in [2.75, 3.05) is 7.11 Å². The van der Waals surface area contributed by atoms with E-state index in [4.69, 9.17) is 4.74 Å². The van der Waals surface area contributed by atoms with E-state index in [-0.39, 0.29) is 5.41 Å². The number of benzene rings is 1. The van der Waals surface area contributed by atoms with Crippen molar-refractivity contribution < 1.29 is 4.74 Å². The van der Waals surface area contributed by atoms with E-state index in [2.05, 4.69) is 58.9 Å². The Hall–Kier alpha value is -1.24. The fraction of sp³-hybridized carbons (Fsp3) is 0.619. The van der Waals surface area contributed by atoms with Crippen molar-refractivity contribution in [3.63, 3.8) is 0 Å². The van der Waals surface area contributed by atoms with Crippen LogP contribution in [0.25, 0.3) is 0 Å². The molecule has 0 spiro atoms. The summed E-state index contributed by atoms with van der Waals surface area (Å²) in [4.78, 5) is 0. The standard InChI is InChI=1S/C21H32O/c1-16-8-7-14-21(4,5)19(16)13-15-20(2,3)17-9-11-18(22-6)12-10-17/h9-12H,7-8,13-15H2,1-6H3. The molecule has 0 N–H and O–H groups in total. The smallest absolute Gasteiger partial charge is 0.118 e. The van der Waals surface area contributed by atoms with Gasteiger partial charge >= 0.3 is 0 Å². The minimum absolute atomic E-state index is 0.201. The summed E-state index contributed by atoms with van der Waals surface area (Å²) >= 11 is 0. The van der Waals surface area contributed by atoms with Gasteiger partial charge in [-0.25, -0.2) is 0 Å². The molecule has 122 valence electrons. The van der Waals surface area contributed by atoms with E-state index >= 15 is 0 Å². The number of allylic oxidation sites excluding steroid dienone is 2. The van der Waals surface area contributed by atoms with E-state index in [0.29, 0.717) is 5.41 Å². The first-order valence-corrected chi connectivity index (χ1v) is 8.60. The highest BCUT2D eigenvalue weighted by molar-refractivity contribution is 5.32. The molecule has 2 rings (SSSR count). The number of ether oxygens (including phenoxy) is 1. The van der Waals surface area contributed by atoms with Crippen molar-refractivity contribution in [2.24, 2.45) is 5.41 Å². The Morgan fingerprint density at radius 2 is 1.77 bits per heavy atom. The van der Waals surface area contributed by atoms with Gasteiger partial charge in [-0.3, -0.25) is 0 Å². The Morgan fingerprint density at radius 1 is 1.14 bits per heavy atom. The number of hydrogen-bond acceptors (Lipinski definition) is 1. The summed E-state index contributed by atoms with van der Waals surface area (Å²) in [6.07, 6.45) is 6.40. The summed E-state index contributed by atoms with van der Waals surface area (Å²) in [6, 6.07) is 8.58. The lowest BCUT2D eigenvalue weighted by Crippen LogP contribution is -2.23. The van der Waals surface area contributed by atoms with Crippen LogP contribution in [0.3, 0.4) is 0 Å². The van der Waals surface area contributed by atoms with Crippen molar-refractivity contribution in [1.82, 2.24) is 0 Å². The van der Waals surface area contributed by atoms with Gasteiger partial charge < -0.3 is 4.74 Å². The molecule has 0 amide bonds. The molecule has 0 aliphatic heterocycles. The zero-order valence-electron chi connectivity index (χ0n) is 15.3. The van der Waals surface area contributed by atoms with Crippen LogP contribution in [0.2, 0.25) is 0 Å². The van der Waals surface area contributed by atoms with E-state index in [1.807, 2.05) is 0 Å². The molecule has 1 nitrogen and oxygen atoms in total. The molecule has 22 heavy (non-hydrogen) atoms. The maximum Gasteiger partial charge on any atom is 0.118 e. The zero-order chi connectivity index (χ0) is 16.4. The molecule has 1 aliphatic carbocycles. The lowest BCUT2D eigenvalue weighted by Gasteiger charge is -2.36. The highest BCUT2D eigenvalue weighted by Gasteiger charge is 2.30. The van der Waals surface area contributed by atoms with Gasteiger partial charge in [-0.05, 0) is 67.6 Å². The lowest BCUT2D eigenvalue weighted by atomic mass is 9.69. The van der Waals surface area contributed by atoms with Gasteiger partial charge in [0.25, 0.3) is 0 Å². The second-order valence-electron chi connectivity index (χ2n) is 8.11. The fourth-order valence-corrected chi connectivity index (χ4v) is 3.85. The van der Waals surface area contributed by atoms with Crippen LogP contribution >= 0.6 is 0 Å². The van der Waals surface area contributed by atoms with Crippen molar-refractivity contribution in [2.45, 2.75) is 72.1 Å². The molecule has 0 saturated carbocycles. The Labute approximate surface area is 136 Å². The van der Waals surface area contributed by atoms with Crippen LogP contribution in [0.4, 0.5) is 0 Å². The average molecular weight is 300 g/mol. The third kappa shape index (κ3) is 3.74. The van der Waals surface area contributed by atoms with Gasteiger partial charge in [-0.1, -0.05) is 51.0 Å². The maximum atomic E-state index is 5.27. The predicted octanol–water partition coefficient (Wildman–Crippen LogP) is 6.28. The molecule has 0 aromatic heterocycles. The fourth-order valence-electron chi connectivity index (χ4n) is 3.85. The topological polar surface area (TPSA) is 9.23 Å². The highest BCUT2D eigenvalue weighted by Crippen LogP contribution is 2.44. The molecule has 1 heteroatoms. The molecule has 0 unspecified atom stereocenters. The predicted molar refractivity (Wildman–Crippen MR) is 95.6 cm³/mol. The number of methoxy groups -OCH3 is 1. The van der Waals surface area contributed by atoms with Gasteiger partial charge in [-0.2, -0.15) is 0 Å².